The van der Waals surface area contributed by atoms with Gasteiger partial charge in [-0.2, -0.15) is 0 Å². The predicted molar refractivity (Wildman–Crippen MR) is 403 cm³/mol. The minimum atomic E-state index is -4.41. The zero-order chi connectivity index (χ0) is 67.2. The summed E-state index contributed by atoms with van der Waals surface area (Å²) in [6.07, 6.45) is 115. The van der Waals surface area contributed by atoms with Gasteiger partial charge in [0.25, 0.3) is 0 Å². The summed E-state index contributed by atoms with van der Waals surface area (Å²) in [5.41, 5.74) is 5.41. The van der Waals surface area contributed by atoms with Gasteiger partial charge in [0.05, 0.1) is 13.2 Å². The third-order valence-electron chi connectivity index (χ3n) is 15.0. The van der Waals surface area contributed by atoms with E-state index in [0.717, 1.165) is 161 Å². The van der Waals surface area contributed by atoms with E-state index in [0.29, 0.717) is 12.8 Å². The van der Waals surface area contributed by atoms with Gasteiger partial charge < -0.3 is 20.1 Å². The van der Waals surface area contributed by atoms with E-state index in [1.807, 2.05) is 0 Å². The van der Waals surface area contributed by atoms with Gasteiger partial charge in [0.2, 0.25) is 0 Å². The topological polar surface area (TPSA) is 134 Å². The summed E-state index contributed by atoms with van der Waals surface area (Å²) >= 11 is 0. The van der Waals surface area contributed by atoms with Crippen LogP contribution in [0.25, 0.3) is 0 Å². The molecular weight excluding hydrogens is 1170 g/mol. The average Bonchev–Trinajstić information content (AvgIpc) is 3.49. The van der Waals surface area contributed by atoms with Gasteiger partial charge in [0, 0.05) is 19.4 Å². The highest BCUT2D eigenvalue weighted by Gasteiger charge is 2.26. The number of ether oxygens (including phenoxy) is 2. The minimum Gasteiger partial charge on any atom is -0.462 e. The number of hydrogen-bond donors (Lipinski definition) is 2. The molecule has 0 spiro atoms. The van der Waals surface area contributed by atoms with Gasteiger partial charge in [-0.05, 0) is 141 Å². The standard InChI is InChI=1S/C83H134NO8P/c1-3-5-7-9-11-13-15-17-19-21-23-25-27-29-31-33-35-36-37-38-39-40-41-42-43-44-46-48-50-52-54-56-58-60-62-64-66-68-70-72-74-76-83(86)92-81(80-91-93(87,88)90-78-77-84)79-89-82(85)75-73-71-69-67-65-63-61-59-57-55-53-51-49-47-45-34-32-30-28-26-24-22-20-18-16-14-12-10-8-6-4-2/h5-8,11-14,17-20,23-26,29-32,35-36,38-39,41-42,45,47,51,53,57,59,81H,3-4,9-10,15-16,21-22,27-28,33-34,37,40,43-44,46,48-50,52,54-56,58,60-80,84H2,1-2H3,(H,87,88)/b7-5-,8-6-,13-11-,14-12-,19-17-,20-18-,25-23-,26-24-,31-29-,32-30-,36-35-,39-38-,42-41-,47-45-,53-51-,59-57-. The monoisotopic (exact) mass is 1300 g/mol. The summed E-state index contributed by atoms with van der Waals surface area (Å²) in [6, 6.07) is 0. The van der Waals surface area contributed by atoms with Gasteiger partial charge in [-0.3, -0.25) is 18.6 Å². The van der Waals surface area contributed by atoms with Gasteiger partial charge in [0.15, 0.2) is 6.10 Å². The van der Waals surface area contributed by atoms with Crippen molar-refractivity contribution in [1.82, 2.24) is 0 Å². The Morgan fingerprint density at radius 2 is 0.559 bits per heavy atom. The molecule has 0 aliphatic carbocycles. The number of rotatable bonds is 67. The highest BCUT2D eigenvalue weighted by Crippen LogP contribution is 2.43. The maximum atomic E-state index is 12.8. The third-order valence-corrected chi connectivity index (χ3v) is 16.0. The average molecular weight is 1300 g/mol. The Morgan fingerprint density at radius 3 is 0.828 bits per heavy atom. The largest absolute Gasteiger partial charge is 0.472 e. The van der Waals surface area contributed by atoms with Crippen LogP contribution in [0.15, 0.2) is 194 Å². The van der Waals surface area contributed by atoms with Crippen molar-refractivity contribution in [3.63, 3.8) is 0 Å². The zero-order valence-corrected chi connectivity index (χ0v) is 59.8. The second kappa shape index (κ2) is 75.9. The highest BCUT2D eigenvalue weighted by molar-refractivity contribution is 7.47. The lowest BCUT2D eigenvalue weighted by atomic mass is 10.0. The number of allylic oxidation sites excluding steroid dienone is 32. The van der Waals surface area contributed by atoms with Crippen LogP contribution in [0.3, 0.4) is 0 Å². The normalized spacial score (nSPS) is 14.1. The first-order chi connectivity index (χ1) is 45.8. The maximum Gasteiger partial charge on any atom is 0.472 e. The Hall–Kier alpha value is -5.15. The molecule has 10 heteroatoms. The summed E-state index contributed by atoms with van der Waals surface area (Å²) in [6.45, 7) is 3.49. The summed E-state index contributed by atoms with van der Waals surface area (Å²) in [5, 5.41) is 0. The van der Waals surface area contributed by atoms with E-state index < -0.39 is 32.5 Å². The number of hydrogen-bond acceptors (Lipinski definition) is 8. The lowest BCUT2D eigenvalue weighted by molar-refractivity contribution is -0.161. The molecule has 2 unspecified atom stereocenters. The first kappa shape index (κ1) is 87.9. The summed E-state index contributed by atoms with van der Waals surface area (Å²) < 4.78 is 33.2. The Kier molecular flexibility index (Phi) is 71.7. The van der Waals surface area contributed by atoms with Gasteiger partial charge in [-0.15, -0.1) is 0 Å². The van der Waals surface area contributed by atoms with Crippen LogP contribution >= 0.6 is 7.82 Å². The molecule has 0 fully saturated rings. The van der Waals surface area contributed by atoms with Gasteiger partial charge in [-0.1, -0.05) is 324 Å². The molecule has 0 saturated heterocycles. The molecule has 0 heterocycles. The Labute approximate surface area is 570 Å². The number of unbranched alkanes of at least 4 members (excludes halogenated alkanes) is 22. The fraction of sp³-hybridized carbons (Fsp3) is 0.590. The van der Waals surface area contributed by atoms with Crippen molar-refractivity contribution in [2.45, 2.75) is 290 Å². The fourth-order valence-electron chi connectivity index (χ4n) is 9.61. The van der Waals surface area contributed by atoms with E-state index in [9.17, 15) is 19.0 Å². The van der Waals surface area contributed by atoms with Crippen LogP contribution in [0.2, 0.25) is 0 Å². The van der Waals surface area contributed by atoms with Crippen molar-refractivity contribution < 1.29 is 37.6 Å². The van der Waals surface area contributed by atoms with Crippen LogP contribution in [-0.4, -0.2) is 49.3 Å². The molecule has 0 aliphatic rings. The van der Waals surface area contributed by atoms with Crippen molar-refractivity contribution in [2.75, 3.05) is 26.4 Å². The van der Waals surface area contributed by atoms with Crippen LogP contribution in [0.5, 0.6) is 0 Å². The van der Waals surface area contributed by atoms with Crippen molar-refractivity contribution in [1.29, 1.82) is 0 Å². The Balaban J connectivity index is 3.94. The Morgan fingerprint density at radius 1 is 0.323 bits per heavy atom. The molecule has 0 saturated carbocycles. The first-order valence-electron chi connectivity index (χ1n) is 36.9. The van der Waals surface area contributed by atoms with E-state index in [1.54, 1.807) is 0 Å². The van der Waals surface area contributed by atoms with E-state index >= 15 is 0 Å². The molecule has 3 N–H and O–H groups in total. The molecule has 524 valence electrons. The van der Waals surface area contributed by atoms with E-state index in [-0.39, 0.29) is 32.6 Å². The Bertz CT molecular complexity index is 2230. The van der Waals surface area contributed by atoms with Crippen molar-refractivity contribution in [2.24, 2.45) is 5.73 Å². The van der Waals surface area contributed by atoms with Gasteiger partial charge in [0.1, 0.15) is 6.61 Å². The van der Waals surface area contributed by atoms with Crippen molar-refractivity contribution in [3.8, 4) is 0 Å². The number of nitrogens with two attached hydrogens (primary N) is 1. The van der Waals surface area contributed by atoms with Crippen LogP contribution in [0.4, 0.5) is 0 Å². The second-order valence-corrected chi connectivity index (χ2v) is 25.1. The molecule has 0 aromatic carbocycles. The van der Waals surface area contributed by atoms with E-state index in [1.165, 1.54) is 83.5 Å². The lowest BCUT2D eigenvalue weighted by Crippen LogP contribution is -2.29. The number of esters is 2. The summed E-state index contributed by atoms with van der Waals surface area (Å²) in [5.74, 6) is -0.851. The number of carbonyl (C=O) groups excluding carboxylic acids is 2. The number of phosphoric acid groups is 1. The van der Waals surface area contributed by atoms with E-state index in [2.05, 4.69) is 208 Å². The molecule has 9 nitrogen and oxygen atoms in total. The molecule has 0 amide bonds. The molecule has 2 atom stereocenters. The minimum absolute atomic E-state index is 0.0426. The quantitative estimate of drug-likeness (QED) is 0.0264. The van der Waals surface area contributed by atoms with Crippen molar-refractivity contribution in [3.05, 3.63) is 194 Å². The molecule has 0 radical (unpaired) electrons. The predicted octanol–water partition coefficient (Wildman–Crippen LogP) is 24.9. The lowest BCUT2D eigenvalue weighted by Gasteiger charge is -2.19. The van der Waals surface area contributed by atoms with Crippen molar-refractivity contribution >= 4 is 19.8 Å². The van der Waals surface area contributed by atoms with E-state index in [4.69, 9.17) is 24.3 Å². The second-order valence-electron chi connectivity index (χ2n) is 23.7. The van der Waals surface area contributed by atoms with Gasteiger partial charge in [-0.25, -0.2) is 4.57 Å². The molecule has 0 rings (SSSR count). The fourth-order valence-corrected chi connectivity index (χ4v) is 10.4. The van der Waals surface area contributed by atoms with Crippen LogP contribution in [-0.2, 0) is 32.7 Å². The molecule has 0 aromatic heterocycles. The molecular formula is C83H134NO8P. The number of carbonyl (C=O) groups is 2. The van der Waals surface area contributed by atoms with Crippen LogP contribution < -0.4 is 5.73 Å². The first-order valence-corrected chi connectivity index (χ1v) is 38.4. The summed E-state index contributed by atoms with van der Waals surface area (Å²) in [7, 11) is -4.41. The number of phosphoric ester groups is 1. The van der Waals surface area contributed by atoms with Crippen LogP contribution in [0, 0.1) is 0 Å². The SMILES string of the molecule is CC/C=C\C/C=C\C/C=C\C/C=C\C/C=C\C/C=C\C/C=C\C/C=C\CCCCCCCCCCCCCCCCCCC(=O)OC(COC(=O)CCCCCCCC/C=C\C/C=C\C/C=C\C/C=C\C/C=C\C/C=C\C/C=C\C/C=C\CC)COP(=O)(O)OCCN. The molecule has 0 bridgehead atoms. The smallest absolute Gasteiger partial charge is 0.462 e. The van der Waals surface area contributed by atoms with Gasteiger partial charge >= 0.3 is 19.8 Å². The van der Waals surface area contributed by atoms with Crippen LogP contribution in [0.1, 0.15) is 284 Å². The molecule has 0 aromatic rings. The molecule has 0 aliphatic heterocycles. The summed E-state index contributed by atoms with van der Waals surface area (Å²) in [4.78, 5) is 35.4. The molecule has 93 heavy (non-hydrogen) atoms. The maximum absolute atomic E-state index is 12.8. The third kappa shape index (κ3) is 75.8. The zero-order valence-electron chi connectivity index (χ0n) is 58.9. The highest BCUT2D eigenvalue weighted by atomic mass is 31.2.